The molecule has 3 fully saturated rings. The minimum atomic E-state index is -3.04. The van der Waals surface area contributed by atoms with Gasteiger partial charge in [-0.2, -0.15) is 0 Å². The van der Waals surface area contributed by atoms with E-state index in [1.54, 1.807) is 12.1 Å². The van der Waals surface area contributed by atoms with Gasteiger partial charge in [-0.05, 0) is 49.8 Å². The molecule has 5 nitrogen and oxygen atoms in total. The van der Waals surface area contributed by atoms with E-state index >= 15 is 0 Å². The predicted molar refractivity (Wildman–Crippen MR) is 111 cm³/mol. The summed E-state index contributed by atoms with van der Waals surface area (Å²) in [6, 6.07) is 6.85. The predicted octanol–water partition coefficient (Wildman–Crippen LogP) is 3.14. The van der Waals surface area contributed by atoms with Crippen LogP contribution in [0.3, 0.4) is 0 Å². The normalized spacial score (nSPS) is 24.7. The van der Waals surface area contributed by atoms with Crippen LogP contribution >= 0.6 is 0 Å². The average molecular weight is 423 g/mol. The summed E-state index contributed by atoms with van der Waals surface area (Å²) in [5.41, 5.74) is 0.999. The number of sulfone groups is 1. The lowest BCUT2D eigenvalue weighted by Crippen LogP contribution is -2.52. The van der Waals surface area contributed by atoms with Crippen LogP contribution in [0.2, 0.25) is 0 Å². The molecule has 1 aliphatic heterocycles. The van der Waals surface area contributed by atoms with Gasteiger partial charge in [0.1, 0.15) is 5.82 Å². The first-order valence-corrected chi connectivity index (χ1v) is 12.7. The second kappa shape index (κ2) is 8.72. The molecule has 2 saturated carbocycles. The largest absolute Gasteiger partial charge is 0.335 e. The van der Waals surface area contributed by atoms with Crippen LogP contribution in [0.4, 0.5) is 4.39 Å². The minimum Gasteiger partial charge on any atom is -0.335 e. The lowest BCUT2D eigenvalue weighted by atomic mass is 9.92. The van der Waals surface area contributed by atoms with E-state index in [2.05, 4.69) is 4.90 Å². The van der Waals surface area contributed by atoms with Gasteiger partial charge in [-0.3, -0.25) is 9.69 Å². The van der Waals surface area contributed by atoms with Crippen LogP contribution in [-0.2, 0) is 21.2 Å². The third-order valence-corrected chi connectivity index (χ3v) is 8.31. The van der Waals surface area contributed by atoms with E-state index in [1.165, 1.54) is 18.6 Å². The van der Waals surface area contributed by atoms with Crippen LogP contribution in [0.1, 0.15) is 56.9 Å². The molecule has 1 heterocycles. The topological polar surface area (TPSA) is 57.7 Å². The summed E-state index contributed by atoms with van der Waals surface area (Å²) in [5, 5.41) is 0. The average Bonchev–Trinajstić information content (AvgIpc) is 3.48. The van der Waals surface area contributed by atoms with Crippen LogP contribution in [0.15, 0.2) is 24.3 Å². The van der Waals surface area contributed by atoms with E-state index in [0.29, 0.717) is 25.6 Å². The van der Waals surface area contributed by atoms with Crippen LogP contribution < -0.4 is 0 Å². The number of amides is 1. The molecule has 0 radical (unpaired) electrons. The first-order chi connectivity index (χ1) is 13.9. The molecule has 160 valence electrons. The number of halogens is 1. The van der Waals surface area contributed by atoms with Gasteiger partial charge >= 0.3 is 0 Å². The number of hydrogen-bond donors (Lipinski definition) is 0. The first kappa shape index (κ1) is 20.8. The molecule has 3 aliphatic rings. The van der Waals surface area contributed by atoms with Gasteiger partial charge in [-0.1, -0.05) is 31.4 Å². The molecule has 1 aromatic carbocycles. The summed E-state index contributed by atoms with van der Waals surface area (Å²) in [7, 11) is -3.04. The summed E-state index contributed by atoms with van der Waals surface area (Å²) in [4.78, 5) is 17.6. The number of rotatable bonds is 7. The minimum absolute atomic E-state index is 0.0630. The van der Waals surface area contributed by atoms with Crippen molar-refractivity contribution in [1.29, 1.82) is 0 Å². The highest BCUT2D eigenvalue weighted by atomic mass is 32.2. The zero-order valence-electron chi connectivity index (χ0n) is 16.9. The van der Waals surface area contributed by atoms with E-state index in [0.717, 1.165) is 44.1 Å². The summed E-state index contributed by atoms with van der Waals surface area (Å²) >= 11 is 0. The van der Waals surface area contributed by atoms with Crippen molar-refractivity contribution in [3.8, 4) is 0 Å². The molecule has 0 aromatic heterocycles. The molecule has 29 heavy (non-hydrogen) atoms. The molecule has 4 rings (SSSR count). The third kappa shape index (κ3) is 5.37. The number of hydrogen-bond acceptors (Lipinski definition) is 4. The Morgan fingerprint density at radius 1 is 0.931 bits per heavy atom. The lowest BCUT2D eigenvalue weighted by Gasteiger charge is -2.39. The first-order valence-electron chi connectivity index (χ1n) is 10.9. The van der Waals surface area contributed by atoms with Crippen molar-refractivity contribution in [3.63, 3.8) is 0 Å². The van der Waals surface area contributed by atoms with Crippen molar-refractivity contribution < 1.29 is 17.6 Å². The van der Waals surface area contributed by atoms with Crippen molar-refractivity contribution in [1.82, 2.24) is 9.80 Å². The van der Waals surface area contributed by atoms with Gasteiger partial charge in [0, 0.05) is 24.7 Å². The molecule has 7 heteroatoms. The summed E-state index contributed by atoms with van der Waals surface area (Å²) < 4.78 is 37.4. The van der Waals surface area contributed by atoms with Gasteiger partial charge in [-0.25, -0.2) is 12.8 Å². The fourth-order valence-corrected chi connectivity index (χ4v) is 6.60. The number of carbonyl (C=O) groups excluding carboxylic acids is 1. The highest BCUT2D eigenvalue weighted by Gasteiger charge is 2.40. The summed E-state index contributed by atoms with van der Waals surface area (Å²) in [6.07, 6.45) is 8.08. The highest BCUT2D eigenvalue weighted by molar-refractivity contribution is 7.91. The zero-order chi connectivity index (χ0) is 20.4. The Hall–Kier alpha value is -1.47. The van der Waals surface area contributed by atoms with Crippen LogP contribution in [0.5, 0.6) is 0 Å². The fourth-order valence-electron chi connectivity index (χ4n) is 4.89. The summed E-state index contributed by atoms with van der Waals surface area (Å²) in [6.45, 7) is 0.938. The van der Waals surface area contributed by atoms with Gasteiger partial charge in [-0.15, -0.1) is 0 Å². The Bertz CT molecular complexity index is 817. The Kier molecular flexibility index (Phi) is 6.25. The van der Waals surface area contributed by atoms with Gasteiger partial charge in [0.05, 0.1) is 18.1 Å². The molecule has 1 saturated heterocycles. The maximum absolute atomic E-state index is 13.5. The van der Waals surface area contributed by atoms with Gasteiger partial charge in [0.15, 0.2) is 9.84 Å². The molecule has 1 aromatic rings. The Balaban J connectivity index is 1.48. The molecule has 0 N–H and O–H groups in total. The Morgan fingerprint density at radius 2 is 1.62 bits per heavy atom. The third-order valence-electron chi connectivity index (χ3n) is 6.56. The van der Waals surface area contributed by atoms with E-state index < -0.39 is 9.84 Å². The number of benzene rings is 1. The maximum Gasteiger partial charge on any atom is 0.237 e. The zero-order valence-corrected chi connectivity index (χ0v) is 17.7. The standard InChI is InChI=1S/C22H31FN2O3S/c23-18-8-6-17(7-9-18)14-24(19-10-11-19)15-22(26)25(20-4-2-1-3-5-20)21-12-13-29(27,28)16-21/h6-9,19-21H,1-5,10-16H2. The molecule has 1 amide bonds. The van der Waals surface area contributed by atoms with Crippen molar-refractivity contribution >= 4 is 15.7 Å². The van der Waals surface area contributed by atoms with Crippen LogP contribution in [-0.4, -0.2) is 60.3 Å². The highest BCUT2D eigenvalue weighted by Crippen LogP contribution is 2.31. The van der Waals surface area contributed by atoms with Gasteiger partial charge in [0.25, 0.3) is 0 Å². The molecular weight excluding hydrogens is 391 g/mol. The quantitative estimate of drug-likeness (QED) is 0.677. The summed E-state index contributed by atoms with van der Waals surface area (Å²) in [5.74, 6) is 0.105. The van der Waals surface area contributed by atoms with E-state index in [1.807, 2.05) is 4.90 Å². The smallest absolute Gasteiger partial charge is 0.237 e. The monoisotopic (exact) mass is 422 g/mol. The van der Waals surface area contributed by atoms with E-state index in [9.17, 15) is 17.6 Å². The lowest BCUT2D eigenvalue weighted by molar-refractivity contribution is -0.138. The van der Waals surface area contributed by atoms with E-state index in [4.69, 9.17) is 0 Å². The van der Waals surface area contributed by atoms with Crippen LogP contribution in [0.25, 0.3) is 0 Å². The van der Waals surface area contributed by atoms with Crippen LogP contribution in [0, 0.1) is 5.82 Å². The van der Waals surface area contributed by atoms with Gasteiger partial charge < -0.3 is 4.90 Å². The van der Waals surface area contributed by atoms with Crippen molar-refractivity contribution in [2.75, 3.05) is 18.1 Å². The molecular formula is C22H31FN2O3S. The van der Waals surface area contributed by atoms with Crippen molar-refractivity contribution in [3.05, 3.63) is 35.6 Å². The van der Waals surface area contributed by atoms with Crippen molar-refractivity contribution in [2.45, 2.75) is 76.0 Å². The molecule has 0 bridgehead atoms. The molecule has 1 atom stereocenters. The molecule has 1 unspecified atom stereocenters. The fraction of sp³-hybridized carbons (Fsp3) is 0.682. The Morgan fingerprint density at radius 3 is 2.21 bits per heavy atom. The Labute approximate surface area is 173 Å². The number of nitrogens with zero attached hydrogens (tertiary/aromatic N) is 2. The van der Waals surface area contributed by atoms with Gasteiger partial charge in [0.2, 0.25) is 5.91 Å². The number of carbonyl (C=O) groups is 1. The van der Waals surface area contributed by atoms with E-state index in [-0.39, 0.29) is 35.3 Å². The molecule has 2 aliphatic carbocycles. The second-order valence-electron chi connectivity index (χ2n) is 8.91. The maximum atomic E-state index is 13.5. The second-order valence-corrected chi connectivity index (χ2v) is 11.1. The van der Waals surface area contributed by atoms with Crippen molar-refractivity contribution in [2.24, 2.45) is 0 Å². The molecule has 0 spiro atoms. The SMILES string of the molecule is O=C(CN(Cc1ccc(F)cc1)C1CC1)N(C1CCCCC1)C1CCS(=O)(=O)C1.